The van der Waals surface area contributed by atoms with Gasteiger partial charge in [0.05, 0.1) is 5.92 Å². The number of amides is 1. The van der Waals surface area contributed by atoms with Gasteiger partial charge in [-0.25, -0.2) is 0 Å². The molecule has 5 heteroatoms. The summed E-state index contributed by atoms with van der Waals surface area (Å²) in [6.45, 7) is 5.85. The molecule has 1 saturated heterocycles. The van der Waals surface area contributed by atoms with Crippen molar-refractivity contribution in [2.24, 2.45) is 17.8 Å². The molecule has 0 bridgehead atoms. The zero-order valence-electron chi connectivity index (χ0n) is 10.5. The van der Waals surface area contributed by atoms with Crippen LogP contribution in [-0.2, 0) is 9.59 Å². The Bertz CT molecular complexity index is 277. The van der Waals surface area contributed by atoms with Crippen LogP contribution in [-0.4, -0.2) is 36.6 Å². The summed E-state index contributed by atoms with van der Waals surface area (Å²) in [5.41, 5.74) is 0. The van der Waals surface area contributed by atoms with E-state index in [1.807, 2.05) is 13.8 Å². The second-order valence-electron chi connectivity index (χ2n) is 4.78. The number of nitrogens with one attached hydrogen (secondary N) is 2. The Kier molecular flexibility index (Phi) is 5.41. The predicted octanol–water partition coefficient (Wildman–Crippen LogP) is 0.459. The van der Waals surface area contributed by atoms with E-state index in [9.17, 15) is 9.59 Å². The smallest absolute Gasteiger partial charge is 0.308 e. The van der Waals surface area contributed by atoms with E-state index < -0.39 is 11.9 Å². The first-order chi connectivity index (χ1) is 8.06. The zero-order valence-corrected chi connectivity index (χ0v) is 10.5. The first-order valence-corrected chi connectivity index (χ1v) is 6.27. The Labute approximate surface area is 102 Å². The molecule has 1 aliphatic heterocycles. The van der Waals surface area contributed by atoms with E-state index in [4.69, 9.17) is 5.11 Å². The van der Waals surface area contributed by atoms with Gasteiger partial charge in [0.2, 0.25) is 5.91 Å². The fourth-order valence-electron chi connectivity index (χ4n) is 1.92. The third-order valence-electron chi connectivity index (χ3n) is 3.44. The molecule has 1 heterocycles. The lowest BCUT2D eigenvalue weighted by atomic mass is 9.88. The van der Waals surface area contributed by atoms with E-state index in [2.05, 4.69) is 10.6 Å². The Morgan fingerprint density at radius 3 is 2.53 bits per heavy atom. The van der Waals surface area contributed by atoms with Crippen LogP contribution in [0.3, 0.4) is 0 Å². The highest BCUT2D eigenvalue weighted by molar-refractivity contribution is 5.79. The highest BCUT2D eigenvalue weighted by Gasteiger charge is 2.29. The minimum Gasteiger partial charge on any atom is -0.481 e. The molecule has 17 heavy (non-hydrogen) atoms. The molecule has 0 aromatic heterocycles. The number of carboxylic acid groups (broad SMARTS) is 1. The molecule has 0 aromatic carbocycles. The van der Waals surface area contributed by atoms with Crippen molar-refractivity contribution in [3.05, 3.63) is 0 Å². The molecule has 1 aliphatic rings. The number of carbonyl (C=O) groups is 2. The molecule has 0 radical (unpaired) electrons. The van der Waals surface area contributed by atoms with Crippen LogP contribution in [0.4, 0.5) is 0 Å². The molecule has 2 atom stereocenters. The lowest BCUT2D eigenvalue weighted by Gasteiger charge is -2.31. The molecule has 1 fully saturated rings. The molecule has 0 saturated carbocycles. The van der Waals surface area contributed by atoms with E-state index in [0.717, 1.165) is 19.5 Å². The van der Waals surface area contributed by atoms with E-state index in [-0.39, 0.29) is 18.4 Å². The van der Waals surface area contributed by atoms with Gasteiger partial charge in [0.15, 0.2) is 0 Å². The molecule has 1 amide bonds. The number of hydrogen-bond donors (Lipinski definition) is 3. The first-order valence-electron chi connectivity index (χ1n) is 6.27. The van der Waals surface area contributed by atoms with Gasteiger partial charge in [-0.3, -0.25) is 9.59 Å². The van der Waals surface area contributed by atoms with Crippen LogP contribution >= 0.6 is 0 Å². The lowest BCUT2D eigenvalue weighted by Crippen LogP contribution is -2.50. The summed E-state index contributed by atoms with van der Waals surface area (Å²) >= 11 is 0. The third kappa shape index (κ3) is 4.00. The number of carboxylic acids is 1. The van der Waals surface area contributed by atoms with Gasteiger partial charge < -0.3 is 15.7 Å². The van der Waals surface area contributed by atoms with E-state index in [1.54, 1.807) is 0 Å². The largest absolute Gasteiger partial charge is 0.481 e. The van der Waals surface area contributed by atoms with Crippen LogP contribution in [0, 0.1) is 17.8 Å². The van der Waals surface area contributed by atoms with Crippen LogP contribution in [0.25, 0.3) is 0 Å². The summed E-state index contributed by atoms with van der Waals surface area (Å²) in [6.07, 6.45) is 1.42. The summed E-state index contributed by atoms with van der Waals surface area (Å²) in [5.74, 6) is -0.962. The molecular formula is C12H22N2O3. The van der Waals surface area contributed by atoms with E-state index >= 15 is 0 Å². The maximum atomic E-state index is 11.8. The van der Waals surface area contributed by atoms with Crippen LogP contribution < -0.4 is 10.6 Å². The quantitative estimate of drug-likeness (QED) is 0.606. The van der Waals surface area contributed by atoms with Crippen molar-refractivity contribution in [2.45, 2.75) is 26.7 Å². The summed E-state index contributed by atoms with van der Waals surface area (Å²) in [5, 5.41) is 14.8. The number of carbonyl (C=O) groups excluding carboxylic acids is 1. The molecular weight excluding hydrogens is 220 g/mol. The highest BCUT2D eigenvalue weighted by atomic mass is 16.4. The highest BCUT2D eigenvalue weighted by Crippen LogP contribution is 2.16. The average molecular weight is 242 g/mol. The fourth-order valence-corrected chi connectivity index (χ4v) is 1.92. The minimum atomic E-state index is -0.829. The van der Waals surface area contributed by atoms with Gasteiger partial charge in [-0.1, -0.05) is 20.3 Å². The maximum Gasteiger partial charge on any atom is 0.308 e. The van der Waals surface area contributed by atoms with Gasteiger partial charge in [0.1, 0.15) is 0 Å². The van der Waals surface area contributed by atoms with Gasteiger partial charge in [0, 0.05) is 12.5 Å². The molecule has 2 unspecified atom stereocenters. The van der Waals surface area contributed by atoms with Gasteiger partial charge in [-0.2, -0.15) is 0 Å². The van der Waals surface area contributed by atoms with Crippen LogP contribution in [0.5, 0.6) is 0 Å². The molecule has 0 aliphatic carbocycles. The van der Waals surface area contributed by atoms with Crippen molar-refractivity contribution >= 4 is 11.9 Å². The second-order valence-corrected chi connectivity index (χ2v) is 4.78. The van der Waals surface area contributed by atoms with Gasteiger partial charge in [-0.15, -0.1) is 0 Å². The predicted molar refractivity (Wildman–Crippen MR) is 64.6 cm³/mol. The number of rotatable bonds is 7. The Morgan fingerprint density at radius 1 is 1.47 bits per heavy atom. The zero-order chi connectivity index (χ0) is 12.8. The summed E-state index contributed by atoms with van der Waals surface area (Å²) < 4.78 is 0. The molecule has 3 N–H and O–H groups in total. The normalized spacial score (nSPS) is 19.2. The standard InChI is InChI=1S/C12H22N2O3/c1-3-4-9(12(16)17)7-14-11(15)8(2)10-5-13-6-10/h8-10,13H,3-7H2,1-2H3,(H,14,15)(H,16,17). The second kappa shape index (κ2) is 6.59. The van der Waals surface area contributed by atoms with Gasteiger partial charge in [0.25, 0.3) is 0 Å². The lowest BCUT2D eigenvalue weighted by molar-refractivity contribution is -0.142. The van der Waals surface area contributed by atoms with Crippen molar-refractivity contribution in [3.8, 4) is 0 Å². The topological polar surface area (TPSA) is 78.4 Å². The van der Waals surface area contributed by atoms with Crippen LogP contribution in [0.2, 0.25) is 0 Å². The summed E-state index contributed by atoms with van der Waals surface area (Å²) in [6, 6.07) is 0. The van der Waals surface area contributed by atoms with E-state index in [0.29, 0.717) is 12.3 Å². The SMILES string of the molecule is CCCC(CNC(=O)C(C)C1CNC1)C(=O)O. The minimum absolute atomic E-state index is 0.0288. The number of aliphatic carboxylic acids is 1. The molecule has 98 valence electrons. The van der Waals surface area contributed by atoms with Crippen LogP contribution in [0.15, 0.2) is 0 Å². The van der Waals surface area contributed by atoms with E-state index in [1.165, 1.54) is 0 Å². The maximum absolute atomic E-state index is 11.8. The molecule has 0 spiro atoms. The first kappa shape index (κ1) is 14.0. The average Bonchev–Trinajstić information content (AvgIpc) is 2.20. The monoisotopic (exact) mass is 242 g/mol. The van der Waals surface area contributed by atoms with Crippen molar-refractivity contribution < 1.29 is 14.7 Å². The third-order valence-corrected chi connectivity index (χ3v) is 3.44. The Morgan fingerprint density at radius 2 is 2.12 bits per heavy atom. The fraction of sp³-hybridized carbons (Fsp3) is 0.833. The number of hydrogen-bond acceptors (Lipinski definition) is 3. The molecule has 1 rings (SSSR count). The summed E-state index contributed by atoms with van der Waals surface area (Å²) in [7, 11) is 0. The van der Waals surface area contributed by atoms with Crippen LogP contribution in [0.1, 0.15) is 26.7 Å². The Hall–Kier alpha value is -1.10. The molecule has 0 aromatic rings. The van der Waals surface area contributed by atoms with Gasteiger partial charge in [-0.05, 0) is 25.4 Å². The van der Waals surface area contributed by atoms with Crippen molar-refractivity contribution in [1.29, 1.82) is 0 Å². The Balaban J connectivity index is 2.31. The van der Waals surface area contributed by atoms with Crippen molar-refractivity contribution in [3.63, 3.8) is 0 Å². The van der Waals surface area contributed by atoms with Gasteiger partial charge >= 0.3 is 5.97 Å². The molecule has 5 nitrogen and oxygen atoms in total. The summed E-state index contributed by atoms with van der Waals surface area (Å²) in [4.78, 5) is 22.7. The van der Waals surface area contributed by atoms with Crippen molar-refractivity contribution in [1.82, 2.24) is 10.6 Å². The van der Waals surface area contributed by atoms with Crippen molar-refractivity contribution in [2.75, 3.05) is 19.6 Å².